The monoisotopic (exact) mass is 158 g/mol. The van der Waals surface area contributed by atoms with E-state index < -0.39 is 11.3 Å². The van der Waals surface area contributed by atoms with Crippen molar-refractivity contribution in [3.8, 4) is 0 Å². The van der Waals surface area contributed by atoms with Crippen molar-refractivity contribution >= 4 is 11.8 Å². The van der Waals surface area contributed by atoms with Gasteiger partial charge in [-0.25, -0.2) is 0 Å². The van der Waals surface area contributed by atoms with Crippen LogP contribution in [0, 0.1) is 5.41 Å². The van der Waals surface area contributed by atoms with Gasteiger partial charge in [-0.1, -0.05) is 13.8 Å². The lowest BCUT2D eigenvalue weighted by Gasteiger charge is -2.19. The number of carbonyl (C=O) groups is 2. The maximum absolute atomic E-state index is 11.1. The third-order valence-corrected chi connectivity index (χ3v) is 1.46. The summed E-state index contributed by atoms with van der Waals surface area (Å²) in [5.74, 6) is -0.630. The highest BCUT2D eigenvalue weighted by molar-refractivity contribution is 5.87. The zero-order valence-electron chi connectivity index (χ0n) is 7.10. The Balaban J connectivity index is 4.21. The molecule has 0 aromatic heterocycles. The summed E-state index contributed by atoms with van der Waals surface area (Å²) in [7, 11) is 1.53. The zero-order valence-corrected chi connectivity index (χ0v) is 7.10. The van der Waals surface area contributed by atoms with Gasteiger partial charge in [-0.3, -0.25) is 9.59 Å². The van der Waals surface area contributed by atoms with Crippen molar-refractivity contribution in [3.63, 3.8) is 0 Å². The molecule has 0 fully saturated rings. The number of primary amides is 1. The number of nitrogens with one attached hydrogen (secondary N) is 1. The van der Waals surface area contributed by atoms with E-state index in [9.17, 15) is 9.59 Å². The fourth-order valence-corrected chi connectivity index (χ4v) is 0.854. The Morgan fingerprint density at radius 1 is 1.45 bits per heavy atom. The van der Waals surface area contributed by atoms with E-state index >= 15 is 0 Å². The average Bonchev–Trinajstić information content (AvgIpc) is 1.83. The molecule has 2 amide bonds. The summed E-state index contributed by atoms with van der Waals surface area (Å²) >= 11 is 0. The quantitative estimate of drug-likeness (QED) is 0.588. The lowest BCUT2D eigenvalue weighted by atomic mass is 9.88. The summed E-state index contributed by atoms with van der Waals surface area (Å²) in [6, 6.07) is 0. The average molecular weight is 158 g/mol. The first-order chi connectivity index (χ1) is 4.90. The fourth-order valence-electron chi connectivity index (χ4n) is 0.854. The molecule has 11 heavy (non-hydrogen) atoms. The minimum Gasteiger partial charge on any atom is -0.370 e. The van der Waals surface area contributed by atoms with Gasteiger partial charge in [-0.15, -0.1) is 0 Å². The molecular weight excluding hydrogens is 144 g/mol. The molecule has 0 saturated heterocycles. The Morgan fingerprint density at radius 2 is 1.91 bits per heavy atom. The lowest BCUT2D eigenvalue weighted by molar-refractivity contribution is -0.133. The van der Waals surface area contributed by atoms with Crippen LogP contribution < -0.4 is 11.1 Å². The van der Waals surface area contributed by atoms with Crippen LogP contribution >= 0.6 is 0 Å². The van der Waals surface area contributed by atoms with Crippen molar-refractivity contribution < 1.29 is 9.59 Å². The molecule has 0 aliphatic rings. The standard InChI is InChI=1S/C7H14N2O2/c1-7(2,4-5(8)10)6(11)9-3/h4H2,1-3H3,(H2,8,10)(H,9,11). The first-order valence-electron chi connectivity index (χ1n) is 3.40. The molecule has 3 N–H and O–H groups in total. The van der Waals surface area contributed by atoms with Gasteiger partial charge in [-0.2, -0.15) is 0 Å². The molecule has 4 nitrogen and oxygen atoms in total. The molecule has 0 spiro atoms. The first-order valence-corrected chi connectivity index (χ1v) is 3.40. The van der Waals surface area contributed by atoms with Gasteiger partial charge in [0, 0.05) is 13.5 Å². The summed E-state index contributed by atoms with van der Waals surface area (Å²) in [5, 5.41) is 2.46. The van der Waals surface area contributed by atoms with Crippen LogP contribution in [0.3, 0.4) is 0 Å². The molecular formula is C7H14N2O2. The number of amides is 2. The Kier molecular flexibility index (Phi) is 3.04. The maximum atomic E-state index is 11.1. The summed E-state index contributed by atoms with van der Waals surface area (Å²) in [4.78, 5) is 21.5. The van der Waals surface area contributed by atoms with Crippen molar-refractivity contribution in [3.05, 3.63) is 0 Å². The molecule has 0 aromatic rings. The minimum atomic E-state index is -0.694. The van der Waals surface area contributed by atoms with E-state index in [0.717, 1.165) is 0 Å². The van der Waals surface area contributed by atoms with Gasteiger partial charge in [0.15, 0.2) is 0 Å². The second-order valence-corrected chi connectivity index (χ2v) is 3.11. The highest BCUT2D eigenvalue weighted by Gasteiger charge is 2.28. The summed E-state index contributed by atoms with van der Waals surface area (Å²) < 4.78 is 0. The van der Waals surface area contributed by atoms with Gasteiger partial charge in [0.25, 0.3) is 0 Å². The van der Waals surface area contributed by atoms with Crippen LogP contribution in [0.2, 0.25) is 0 Å². The molecule has 0 saturated carbocycles. The predicted molar refractivity (Wildman–Crippen MR) is 41.7 cm³/mol. The number of rotatable bonds is 3. The van der Waals surface area contributed by atoms with Crippen LogP contribution in [0.5, 0.6) is 0 Å². The number of hydrogen-bond acceptors (Lipinski definition) is 2. The predicted octanol–water partition coefficient (Wildman–Crippen LogP) is -0.366. The van der Waals surface area contributed by atoms with Crippen LogP contribution in [0.25, 0.3) is 0 Å². The van der Waals surface area contributed by atoms with Crippen molar-refractivity contribution in [1.82, 2.24) is 5.32 Å². The van der Waals surface area contributed by atoms with Gasteiger partial charge in [-0.05, 0) is 0 Å². The molecule has 0 unspecified atom stereocenters. The molecule has 4 heteroatoms. The molecule has 0 aliphatic heterocycles. The molecule has 0 aliphatic carbocycles. The van der Waals surface area contributed by atoms with E-state index in [2.05, 4.69) is 5.32 Å². The highest BCUT2D eigenvalue weighted by Crippen LogP contribution is 2.19. The van der Waals surface area contributed by atoms with Gasteiger partial charge in [0.2, 0.25) is 11.8 Å². The third-order valence-electron chi connectivity index (χ3n) is 1.46. The smallest absolute Gasteiger partial charge is 0.225 e. The van der Waals surface area contributed by atoms with Crippen LogP contribution in [0.4, 0.5) is 0 Å². The Hall–Kier alpha value is -1.06. The molecule has 0 atom stereocenters. The molecule has 0 radical (unpaired) electrons. The van der Waals surface area contributed by atoms with E-state index in [-0.39, 0.29) is 12.3 Å². The van der Waals surface area contributed by atoms with E-state index in [1.54, 1.807) is 13.8 Å². The van der Waals surface area contributed by atoms with E-state index in [0.29, 0.717) is 0 Å². The van der Waals surface area contributed by atoms with Crippen LogP contribution in [-0.4, -0.2) is 18.9 Å². The van der Waals surface area contributed by atoms with Crippen molar-refractivity contribution in [2.75, 3.05) is 7.05 Å². The number of hydrogen-bond donors (Lipinski definition) is 2. The Bertz CT molecular complexity index is 175. The van der Waals surface area contributed by atoms with Gasteiger partial charge in [0.05, 0.1) is 5.41 Å². The molecule has 0 bridgehead atoms. The van der Waals surface area contributed by atoms with Crippen molar-refractivity contribution in [1.29, 1.82) is 0 Å². The maximum Gasteiger partial charge on any atom is 0.225 e. The van der Waals surface area contributed by atoms with E-state index in [1.165, 1.54) is 7.05 Å². The van der Waals surface area contributed by atoms with E-state index in [1.807, 2.05) is 0 Å². The van der Waals surface area contributed by atoms with Gasteiger partial charge in [0.1, 0.15) is 0 Å². The summed E-state index contributed by atoms with van der Waals surface area (Å²) in [6.45, 7) is 3.35. The van der Waals surface area contributed by atoms with Crippen molar-refractivity contribution in [2.45, 2.75) is 20.3 Å². The molecule has 0 rings (SSSR count). The second kappa shape index (κ2) is 3.37. The molecule has 0 aromatic carbocycles. The zero-order chi connectivity index (χ0) is 9.07. The molecule has 0 heterocycles. The van der Waals surface area contributed by atoms with Crippen molar-refractivity contribution in [2.24, 2.45) is 11.1 Å². The molecule has 64 valence electrons. The first kappa shape index (κ1) is 9.94. The minimum absolute atomic E-state index is 0.0761. The van der Waals surface area contributed by atoms with Gasteiger partial charge < -0.3 is 11.1 Å². The van der Waals surface area contributed by atoms with Crippen LogP contribution in [0.15, 0.2) is 0 Å². The van der Waals surface area contributed by atoms with Crippen LogP contribution in [-0.2, 0) is 9.59 Å². The van der Waals surface area contributed by atoms with Gasteiger partial charge >= 0.3 is 0 Å². The normalized spacial score (nSPS) is 10.8. The Morgan fingerprint density at radius 3 is 2.18 bits per heavy atom. The SMILES string of the molecule is CNC(=O)C(C)(C)CC(N)=O. The fraction of sp³-hybridized carbons (Fsp3) is 0.714. The number of carbonyl (C=O) groups excluding carboxylic acids is 2. The van der Waals surface area contributed by atoms with Crippen LogP contribution in [0.1, 0.15) is 20.3 Å². The topological polar surface area (TPSA) is 72.2 Å². The van der Waals surface area contributed by atoms with E-state index in [4.69, 9.17) is 5.73 Å². The second-order valence-electron chi connectivity index (χ2n) is 3.11. The third kappa shape index (κ3) is 3.02. The lowest BCUT2D eigenvalue weighted by Crippen LogP contribution is -2.37. The largest absolute Gasteiger partial charge is 0.370 e. The summed E-state index contributed by atoms with van der Waals surface area (Å²) in [6.07, 6.45) is 0.0761. The highest BCUT2D eigenvalue weighted by atomic mass is 16.2. The number of nitrogens with two attached hydrogens (primary N) is 1. The Labute approximate surface area is 66.1 Å². The summed E-state index contributed by atoms with van der Waals surface area (Å²) in [5.41, 5.74) is 4.26.